The van der Waals surface area contributed by atoms with Crippen molar-refractivity contribution in [3.8, 4) is 0 Å². The third-order valence-corrected chi connectivity index (χ3v) is 6.32. The fraction of sp³-hybridized carbons (Fsp3) is 0.217. The van der Waals surface area contributed by atoms with Gasteiger partial charge in [-0.15, -0.1) is 0 Å². The number of amides is 1. The van der Waals surface area contributed by atoms with Gasteiger partial charge in [-0.05, 0) is 42.3 Å². The van der Waals surface area contributed by atoms with Crippen molar-refractivity contribution < 1.29 is 18.0 Å². The van der Waals surface area contributed by atoms with E-state index in [9.17, 15) is 18.0 Å². The van der Waals surface area contributed by atoms with E-state index in [2.05, 4.69) is 10.0 Å². The highest BCUT2D eigenvalue weighted by Gasteiger charge is 2.17. The van der Waals surface area contributed by atoms with Crippen LogP contribution >= 0.6 is 0 Å². The molecule has 0 heterocycles. The van der Waals surface area contributed by atoms with Crippen molar-refractivity contribution >= 4 is 32.5 Å². The van der Waals surface area contributed by atoms with Gasteiger partial charge in [-0.1, -0.05) is 54.6 Å². The normalized spacial score (nSPS) is 12.5. The average molecular weight is 425 g/mol. The predicted octanol–water partition coefficient (Wildman–Crippen LogP) is 3.59. The fourth-order valence-corrected chi connectivity index (χ4v) is 4.36. The Morgan fingerprint density at radius 1 is 0.967 bits per heavy atom. The first-order valence-electron chi connectivity index (χ1n) is 9.65. The second-order valence-corrected chi connectivity index (χ2v) is 8.86. The molecule has 0 fully saturated rings. The molecule has 0 radical (unpaired) electrons. The topological polar surface area (TPSA) is 92.3 Å². The number of hydrogen-bond donors (Lipinski definition) is 2. The number of carbonyl (C=O) groups excluding carboxylic acids is 2. The predicted molar refractivity (Wildman–Crippen MR) is 117 cm³/mol. The number of ketones is 1. The fourth-order valence-electron chi connectivity index (χ4n) is 3.28. The summed E-state index contributed by atoms with van der Waals surface area (Å²) in [5, 5.41) is 5.08. The maximum absolute atomic E-state index is 12.4. The Kier molecular flexibility index (Phi) is 6.64. The standard InChI is InChI=1S/C23H24N2O4S/c1-16(21-12-6-8-18-7-3-4-11-22(18)21)25-23(27)13-14-24-30(28,29)20-10-5-9-19(15-20)17(2)26/h3-12,15-16,24H,13-14H2,1-2H3,(H,25,27). The summed E-state index contributed by atoms with van der Waals surface area (Å²) in [7, 11) is -3.80. The summed E-state index contributed by atoms with van der Waals surface area (Å²) in [6.07, 6.45) is 0.000729. The van der Waals surface area contributed by atoms with Gasteiger partial charge in [-0.2, -0.15) is 0 Å². The van der Waals surface area contributed by atoms with Gasteiger partial charge in [0.2, 0.25) is 15.9 Å². The molecule has 0 aromatic heterocycles. The zero-order valence-electron chi connectivity index (χ0n) is 16.9. The van der Waals surface area contributed by atoms with Gasteiger partial charge in [0.1, 0.15) is 0 Å². The molecule has 3 aromatic rings. The lowest BCUT2D eigenvalue weighted by Crippen LogP contribution is -2.32. The lowest BCUT2D eigenvalue weighted by atomic mass is 9.99. The van der Waals surface area contributed by atoms with E-state index < -0.39 is 10.0 Å². The molecule has 0 spiro atoms. The summed E-state index contributed by atoms with van der Waals surface area (Å²) in [4.78, 5) is 23.8. The molecule has 0 aliphatic rings. The second-order valence-electron chi connectivity index (χ2n) is 7.09. The zero-order valence-corrected chi connectivity index (χ0v) is 17.7. The van der Waals surface area contributed by atoms with Crippen molar-refractivity contribution in [1.82, 2.24) is 10.0 Å². The van der Waals surface area contributed by atoms with E-state index in [-0.39, 0.29) is 35.6 Å². The molecule has 0 bridgehead atoms. The molecule has 2 N–H and O–H groups in total. The summed E-state index contributed by atoms with van der Waals surface area (Å²) in [6, 6.07) is 19.5. The number of sulfonamides is 1. The van der Waals surface area contributed by atoms with Crippen molar-refractivity contribution in [2.24, 2.45) is 0 Å². The minimum Gasteiger partial charge on any atom is -0.350 e. The van der Waals surface area contributed by atoms with Gasteiger partial charge in [0.15, 0.2) is 5.78 Å². The summed E-state index contributed by atoms with van der Waals surface area (Å²) < 4.78 is 27.3. The van der Waals surface area contributed by atoms with Crippen molar-refractivity contribution in [3.05, 3.63) is 77.9 Å². The quantitative estimate of drug-likeness (QED) is 0.541. The van der Waals surface area contributed by atoms with Gasteiger partial charge in [0, 0.05) is 18.5 Å². The monoisotopic (exact) mass is 424 g/mol. The van der Waals surface area contributed by atoms with Crippen molar-refractivity contribution in [2.75, 3.05) is 6.54 Å². The minimum atomic E-state index is -3.80. The van der Waals surface area contributed by atoms with Crippen LogP contribution in [0.5, 0.6) is 0 Å². The van der Waals surface area contributed by atoms with Crippen LogP contribution in [0.2, 0.25) is 0 Å². The molecule has 0 aliphatic carbocycles. The summed E-state index contributed by atoms with van der Waals surface area (Å²) >= 11 is 0. The maximum atomic E-state index is 12.4. The van der Waals surface area contributed by atoms with Gasteiger partial charge in [-0.3, -0.25) is 9.59 Å². The largest absolute Gasteiger partial charge is 0.350 e. The molecule has 6 nitrogen and oxygen atoms in total. The van der Waals surface area contributed by atoms with Crippen LogP contribution in [-0.4, -0.2) is 26.7 Å². The highest BCUT2D eigenvalue weighted by atomic mass is 32.2. The Balaban J connectivity index is 1.59. The number of Topliss-reactive ketones (excluding diaryl/α,β-unsaturated/α-hetero) is 1. The molecule has 0 aliphatic heterocycles. The van der Waals surface area contributed by atoms with E-state index in [0.29, 0.717) is 5.56 Å². The van der Waals surface area contributed by atoms with Crippen LogP contribution in [0.1, 0.15) is 42.2 Å². The van der Waals surface area contributed by atoms with Crippen molar-refractivity contribution in [1.29, 1.82) is 0 Å². The Morgan fingerprint density at radius 3 is 2.43 bits per heavy atom. The zero-order chi connectivity index (χ0) is 21.7. The van der Waals surface area contributed by atoms with Gasteiger partial charge in [-0.25, -0.2) is 13.1 Å². The number of fused-ring (bicyclic) bond motifs is 1. The molecular weight excluding hydrogens is 400 g/mol. The number of carbonyl (C=O) groups is 2. The van der Waals surface area contributed by atoms with Crippen LogP contribution < -0.4 is 10.0 Å². The molecular formula is C23H24N2O4S. The first kappa shape index (κ1) is 21.7. The molecule has 1 atom stereocenters. The van der Waals surface area contributed by atoms with Crippen LogP contribution in [0.4, 0.5) is 0 Å². The highest BCUT2D eigenvalue weighted by molar-refractivity contribution is 7.89. The minimum absolute atomic E-state index is 0.000249. The average Bonchev–Trinajstić information content (AvgIpc) is 2.73. The molecule has 3 aromatic carbocycles. The molecule has 0 saturated carbocycles. The Hall–Kier alpha value is -3.03. The third-order valence-electron chi connectivity index (χ3n) is 4.86. The first-order chi connectivity index (χ1) is 14.3. The summed E-state index contributed by atoms with van der Waals surface area (Å²) in [5.74, 6) is -0.468. The molecule has 30 heavy (non-hydrogen) atoms. The summed E-state index contributed by atoms with van der Waals surface area (Å²) in [5.41, 5.74) is 1.32. The van der Waals surface area contributed by atoms with Crippen LogP contribution in [0.15, 0.2) is 71.6 Å². The molecule has 156 valence electrons. The van der Waals surface area contributed by atoms with Crippen LogP contribution in [0.25, 0.3) is 10.8 Å². The first-order valence-corrected chi connectivity index (χ1v) is 11.1. The van der Waals surface area contributed by atoms with Crippen LogP contribution in [0, 0.1) is 0 Å². The SMILES string of the molecule is CC(=O)c1cccc(S(=O)(=O)NCCC(=O)NC(C)c2cccc3ccccc23)c1. The Morgan fingerprint density at radius 2 is 1.67 bits per heavy atom. The number of hydrogen-bond acceptors (Lipinski definition) is 4. The van der Waals surface area contributed by atoms with Crippen molar-refractivity contribution in [3.63, 3.8) is 0 Å². The van der Waals surface area contributed by atoms with Gasteiger partial charge < -0.3 is 5.32 Å². The Bertz CT molecular complexity index is 1180. The second kappa shape index (κ2) is 9.19. The van der Waals surface area contributed by atoms with Gasteiger partial charge in [0.05, 0.1) is 10.9 Å². The smallest absolute Gasteiger partial charge is 0.240 e. The lowest BCUT2D eigenvalue weighted by molar-refractivity contribution is -0.121. The van der Waals surface area contributed by atoms with E-state index in [4.69, 9.17) is 0 Å². The highest BCUT2D eigenvalue weighted by Crippen LogP contribution is 2.24. The van der Waals surface area contributed by atoms with E-state index in [1.807, 2.05) is 49.4 Å². The van der Waals surface area contributed by atoms with E-state index in [1.165, 1.54) is 25.1 Å². The Labute approximate surface area is 176 Å². The molecule has 7 heteroatoms. The van der Waals surface area contributed by atoms with E-state index >= 15 is 0 Å². The molecule has 1 unspecified atom stereocenters. The van der Waals surface area contributed by atoms with Crippen LogP contribution in [-0.2, 0) is 14.8 Å². The van der Waals surface area contributed by atoms with Gasteiger partial charge in [0.25, 0.3) is 0 Å². The molecule has 0 saturated heterocycles. The molecule has 1 amide bonds. The number of benzene rings is 3. The number of nitrogens with one attached hydrogen (secondary N) is 2. The van der Waals surface area contributed by atoms with Gasteiger partial charge >= 0.3 is 0 Å². The third kappa shape index (κ3) is 5.11. The van der Waals surface area contributed by atoms with E-state index in [0.717, 1.165) is 16.3 Å². The van der Waals surface area contributed by atoms with Crippen LogP contribution in [0.3, 0.4) is 0 Å². The molecule has 3 rings (SSSR count). The number of rotatable bonds is 8. The van der Waals surface area contributed by atoms with Crippen molar-refractivity contribution in [2.45, 2.75) is 31.2 Å². The summed E-state index contributed by atoms with van der Waals surface area (Å²) in [6.45, 7) is 3.23. The van der Waals surface area contributed by atoms with E-state index in [1.54, 1.807) is 6.07 Å². The lowest BCUT2D eigenvalue weighted by Gasteiger charge is -2.17. The maximum Gasteiger partial charge on any atom is 0.240 e.